The molecule has 2 N–H and O–H groups in total. The molecule has 2 fully saturated rings. The second-order valence-electron chi connectivity index (χ2n) is 11.0. The highest BCUT2D eigenvalue weighted by atomic mass is 35.5. The number of aryl methyl sites for hydroxylation is 1. The number of hydrogen-bond donors (Lipinski definition) is 2. The normalized spacial score (nSPS) is 26.5. The van der Waals surface area contributed by atoms with Crippen molar-refractivity contribution in [2.24, 2.45) is 11.3 Å². The van der Waals surface area contributed by atoms with Gasteiger partial charge in [-0.3, -0.25) is 19.4 Å². The third kappa shape index (κ3) is 6.28. The van der Waals surface area contributed by atoms with Gasteiger partial charge in [-0.1, -0.05) is 42.3 Å². The Morgan fingerprint density at radius 3 is 2.60 bits per heavy atom. The Morgan fingerprint density at radius 1 is 1.17 bits per heavy atom. The molecular formula is C28H40ClN3O3. The summed E-state index contributed by atoms with van der Waals surface area (Å²) in [6, 6.07) is 5.97. The van der Waals surface area contributed by atoms with E-state index in [1.54, 1.807) is 5.57 Å². The van der Waals surface area contributed by atoms with Gasteiger partial charge in [0.25, 0.3) is 0 Å². The van der Waals surface area contributed by atoms with Crippen LogP contribution in [0.25, 0.3) is 0 Å². The third-order valence-corrected chi connectivity index (χ3v) is 8.72. The van der Waals surface area contributed by atoms with E-state index < -0.39 is 11.4 Å². The minimum atomic E-state index is -0.926. The molecule has 0 spiro atoms. The number of hydrogen-bond acceptors (Lipinski definition) is 4. The maximum Gasteiger partial charge on any atom is 0.304 e. The predicted molar refractivity (Wildman–Crippen MR) is 139 cm³/mol. The van der Waals surface area contributed by atoms with Gasteiger partial charge in [0, 0.05) is 50.3 Å². The molecule has 2 aliphatic heterocycles. The lowest BCUT2D eigenvalue weighted by atomic mass is 9.75. The Bertz CT molecular complexity index is 937. The molecule has 6 nitrogen and oxygen atoms in total. The highest BCUT2D eigenvalue weighted by molar-refractivity contribution is 6.31. The molecule has 192 valence electrons. The van der Waals surface area contributed by atoms with Crippen LogP contribution in [0.4, 0.5) is 0 Å². The predicted octanol–water partition coefficient (Wildman–Crippen LogP) is 4.64. The zero-order chi connectivity index (χ0) is 25.0. The largest absolute Gasteiger partial charge is 0.481 e. The van der Waals surface area contributed by atoms with E-state index in [-0.39, 0.29) is 24.3 Å². The Balaban J connectivity index is 1.38. The number of likely N-dealkylation sites (tertiary alicyclic amines) is 2. The smallest absolute Gasteiger partial charge is 0.304 e. The SMILES string of the molecule is Cc1cccc(Cl)c1CN1C[C@@H](C)[C@](CC(=O)O)(C(=O)NC2CCN(CC3=CCCCC3)CC2)C1. The lowest BCUT2D eigenvalue weighted by Crippen LogP contribution is -2.53. The lowest BCUT2D eigenvalue weighted by Gasteiger charge is -2.36. The zero-order valence-corrected chi connectivity index (χ0v) is 21.9. The number of halogens is 1. The fourth-order valence-electron chi connectivity index (χ4n) is 6.17. The number of rotatable bonds is 8. The lowest BCUT2D eigenvalue weighted by molar-refractivity contribution is -0.147. The van der Waals surface area contributed by atoms with E-state index in [1.165, 1.54) is 25.7 Å². The standard InChI is InChI=1S/C28H40ClN3O3/c1-20-7-6-10-25(29)24(20)18-32-16-21(2)28(19-32,15-26(33)34)27(35)30-23-11-13-31(14-12-23)17-22-8-4-3-5-9-22/h6-8,10,21,23H,3-5,9,11-19H2,1-2H3,(H,30,35)(H,33,34)/t21-,28-/m1/s1. The summed E-state index contributed by atoms with van der Waals surface area (Å²) < 4.78 is 0. The molecule has 0 aromatic heterocycles. The summed E-state index contributed by atoms with van der Waals surface area (Å²) in [6.07, 6.45) is 9.13. The van der Waals surface area contributed by atoms with Gasteiger partial charge in [0.15, 0.2) is 0 Å². The number of carboxylic acid groups (broad SMARTS) is 1. The quantitative estimate of drug-likeness (QED) is 0.507. The molecule has 4 rings (SSSR count). The molecule has 0 radical (unpaired) electrons. The number of carboxylic acids is 1. The Hall–Kier alpha value is -1.89. The summed E-state index contributed by atoms with van der Waals surface area (Å²) in [5.74, 6) is -1.07. The number of carbonyl (C=O) groups is 2. The van der Waals surface area contributed by atoms with Gasteiger partial charge in [-0.05, 0) is 68.6 Å². The fourth-order valence-corrected chi connectivity index (χ4v) is 6.45. The molecule has 1 amide bonds. The first-order chi connectivity index (χ1) is 16.8. The van der Waals surface area contributed by atoms with Crippen molar-refractivity contribution in [3.05, 3.63) is 46.0 Å². The maximum atomic E-state index is 13.7. The van der Waals surface area contributed by atoms with Crippen LogP contribution in [0.3, 0.4) is 0 Å². The van der Waals surface area contributed by atoms with Crippen molar-refractivity contribution >= 4 is 23.5 Å². The average Bonchev–Trinajstić information content (AvgIpc) is 3.13. The van der Waals surface area contributed by atoms with E-state index in [9.17, 15) is 14.7 Å². The molecule has 3 aliphatic rings. The molecule has 7 heteroatoms. The van der Waals surface area contributed by atoms with Crippen LogP contribution in [-0.4, -0.2) is 65.5 Å². The first-order valence-corrected chi connectivity index (χ1v) is 13.5. The molecule has 1 aromatic rings. The summed E-state index contributed by atoms with van der Waals surface area (Å²) in [6.45, 7) is 8.79. The van der Waals surface area contributed by atoms with Crippen LogP contribution in [0.5, 0.6) is 0 Å². The first kappa shape index (κ1) is 26.2. The van der Waals surface area contributed by atoms with Crippen LogP contribution < -0.4 is 5.32 Å². The number of piperidine rings is 1. The van der Waals surface area contributed by atoms with Crippen molar-refractivity contribution in [3.63, 3.8) is 0 Å². The van der Waals surface area contributed by atoms with Crippen molar-refractivity contribution in [1.82, 2.24) is 15.1 Å². The number of aliphatic carboxylic acids is 1. The monoisotopic (exact) mass is 501 g/mol. The van der Waals surface area contributed by atoms with Crippen LogP contribution in [-0.2, 0) is 16.1 Å². The van der Waals surface area contributed by atoms with Gasteiger partial charge < -0.3 is 10.4 Å². The van der Waals surface area contributed by atoms with E-state index in [0.717, 1.165) is 43.6 Å². The van der Waals surface area contributed by atoms with Crippen molar-refractivity contribution < 1.29 is 14.7 Å². The maximum absolute atomic E-state index is 13.7. The number of nitrogens with one attached hydrogen (secondary N) is 1. The van der Waals surface area contributed by atoms with E-state index >= 15 is 0 Å². The van der Waals surface area contributed by atoms with Gasteiger partial charge in [-0.25, -0.2) is 0 Å². The molecule has 0 saturated carbocycles. The second-order valence-corrected chi connectivity index (χ2v) is 11.4. The number of benzene rings is 1. The van der Waals surface area contributed by atoms with E-state index in [4.69, 9.17) is 11.6 Å². The van der Waals surface area contributed by atoms with Crippen LogP contribution in [0, 0.1) is 18.3 Å². The summed E-state index contributed by atoms with van der Waals surface area (Å²) >= 11 is 6.46. The van der Waals surface area contributed by atoms with Crippen LogP contribution in [0.2, 0.25) is 5.02 Å². The highest BCUT2D eigenvalue weighted by Crippen LogP contribution is 2.41. The third-order valence-electron chi connectivity index (χ3n) is 8.37. The van der Waals surface area contributed by atoms with Gasteiger partial charge >= 0.3 is 5.97 Å². The van der Waals surface area contributed by atoms with Crippen LogP contribution in [0.15, 0.2) is 29.8 Å². The zero-order valence-electron chi connectivity index (χ0n) is 21.2. The molecule has 0 bridgehead atoms. The summed E-state index contributed by atoms with van der Waals surface area (Å²) in [7, 11) is 0. The summed E-state index contributed by atoms with van der Waals surface area (Å²) in [5.41, 5.74) is 2.80. The van der Waals surface area contributed by atoms with Gasteiger partial charge in [0.2, 0.25) is 5.91 Å². The minimum absolute atomic E-state index is 0.0558. The molecule has 0 unspecified atom stereocenters. The van der Waals surface area contributed by atoms with Gasteiger partial charge in [-0.15, -0.1) is 0 Å². The Morgan fingerprint density at radius 2 is 1.94 bits per heavy atom. The van der Waals surface area contributed by atoms with Crippen LogP contribution >= 0.6 is 11.6 Å². The summed E-state index contributed by atoms with van der Waals surface area (Å²) in [4.78, 5) is 30.2. The Kier molecular flexibility index (Phi) is 8.56. The van der Waals surface area contributed by atoms with Crippen molar-refractivity contribution in [2.75, 3.05) is 32.7 Å². The van der Waals surface area contributed by atoms with E-state index in [0.29, 0.717) is 24.7 Å². The van der Waals surface area contributed by atoms with Gasteiger partial charge in [0.1, 0.15) is 0 Å². The molecule has 1 aromatic carbocycles. The molecule has 1 aliphatic carbocycles. The molecule has 2 saturated heterocycles. The van der Waals surface area contributed by atoms with E-state index in [2.05, 4.69) is 21.2 Å². The topological polar surface area (TPSA) is 72.9 Å². The average molecular weight is 502 g/mol. The van der Waals surface area contributed by atoms with E-state index in [1.807, 2.05) is 32.0 Å². The minimum Gasteiger partial charge on any atom is -0.481 e. The second kappa shape index (κ2) is 11.4. The fraction of sp³-hybridized carbons (Fsp3) is 0.643. The number of allylic oxidation sites excluding steroid dienone is 1. The van der Waals surface area contributed by atoms with Crippen molar-refractivity contribution in [2.45, 2.75) is 71.4 Å². The molecule has 35 heavy (non-hydrogen) atoms. The van der Waals surface area contributed by atoms with Crippen LogP contribution in [0.1, 0.15) is 63.0 Å². The van der Waals surface area contributed by atoms with Crippen molar-refractivity contribution in [3.8, 4) is 0 Å². The number of amides is 1. The molecular weight excluding hydrogens is 462 g/mol. The van der Waals surface area contributed by atoms with Gasteiger partial charge in [-0.2, -0.15) is 0 Å². The molecule has 2 heterocycles. The Labute approximate surface area is 214 Å². The first-order valence-electron chi connectivity index (χ1n) is 13.2. The highest BCUT2D eigenvalue weighted by Gasteiger charge is 2.51. The van der Waals surface area contributed by atoms with Crippen molar-refractivity contribution in [1.29, 1.82) is 0 Å². The van der Waals surface area contributed by atoms with Gasteiger partial charge in [0.05, 0.1) is 11.8 Å². The number of nitrogens with zero attached hydrogens (tertiary/aromatic N) is 2. The molecule has 2 atom stereocenters. The number of carbonyl (C=O) groups excluding carboxylic acids is 1. The summed E-state index contributed by atoms with van der Waals surface area (Å²) in [5, 5.41) is 13.7.